The van der Waals surface area contributed by atoms with Crippen LogP contribution >= 0.6 is 24.0 Å². The van der Waals surface area contributed by atoms with Crippen molar-refractivity contribution in [2.24, 2.45) is 0 Å². The lowest BCUT2D eigenvalue weighted by atomic mass is 9.86. The summed E-state index contributed by atoms with van der Waals surface area (Å²) in [5, 5.41) is 0. The van der Waals surface area contributed by atoms with Gasteiger partial charge in [0.15, 0.2) is 6.10 Å². The molecule has 0 aliphatic carbocycles. The highest BCUT2D eigenvalue weighted by atomic mass is 32.2. The molecule has 336 valence electrons. The molecule has 10 nitrogen and oxygen atoms in total. The van der Waals surface area contributed by atoms with Gasteiger partial charge in [0.25, 0.3) is 0 Å². The number of hydrogen-bond donors (Lipinski definition) is 0. The molecule has 3 atom stereocenters. The van der Waals surface area contributed by atoms with Crippen molar-refractivity contribution < 1.29 is 42.9 Å². The van der Waals surface area contributed by atoms with E-state index in [2.05, 4.69) is 18.7 Å². The molecule has 0 rings (SSSR count). The van der Waals surface area contributed by atoms with Crippen molar-refractivity contribution in [3.05, 3.63) is 11.4 Å². The van der Waals surface area contributed by atoms with Crippen molar-refractivity contribution in [3.63, 3.8) is 0 Å². The first-order chi connectivity index (χ1) is 27.8. The number of ether oxygens (including phenoxy) is 5. The molecule has 0 heterocycles. The van der Waals surface area contributed by atoms with Crippen molar-refractivity contribution >= 4 is 52.1 Å². The average molecular weight is 856 g/mol. The van der Waals surface area contributed by atoms with Gasteiger partial charge in [-0.2, -0.15) is 0 Å². The summed E-state index contributed by atoms with van der Waals surface area (Å²) >= 11 is 6.45. The molecule has 0 aliphatic rings. The molecule has 0 aromatic carbocycles. The quantitative estimate of drug-likeness (QED) is 0.0193. The Kier molecular flexibility index (Phi) is 35.2. The monoisotopic (exact) mass is 856 g/mol. The molecule has 0 amide bonds. The number of esters is 4. The Bertz CT molecular complexity index is 1160. The van der Waals surface area contributed by atoms with Gasteiger partial charge in [0.1, 0.15) is 24.6 Å². The van der Waals surface area contributed by atoms with Crippen LogP contribution < -0.4 is 0 Å². The van der Waals surface area contributed by atoms with Crippen LogP contribution in [0.1, 0.15) is 208 Å². The van der Waals surface area contributed by atoms with Crippen LogP contribution in [0.2, 0.25) is 0 Å². The summed E-state index contributed by atoms with van der Waals surface area (Å²) in [5.41, 5.74) is -1.10. The zero-order valence-corrected chi connectivity index (χ0v) is 39.1. The standard InChI is InChI=1S/C46H81NO9S2/c1-8-10-12-14-16-18-20-22-24-26-28-30-41(48)54-36-40(56-43(50)31-29-27-25-23-21-19-17-15-13-11-9-2)37-55-42(49)32-33-45(4,47-6)38-46(5,58-39(3)57)44(51)53-35-34-52-7/h40H,8-38H2,1-5,7H3/t40-,45?,46?/m1/s1. The molecule has 0 saturated heterocycles. The molecular weight excluding hydrogens is 775 g/mol. The van der Waals surface area contributed by atoms with Crippen LogP contribution in [-0.2, 0) is 42.9 Å². The van der Waals surface area contributed by atoms with E-state index >= 15 is 0 Å². The first-order valence-corrected chi connectivity index (χ1v) is 23.8. The molecule has 2 unspecified atom stereocenters. The largest absolute Gasteiger partial charge is 0.462 e. The van der Waals surface area contributed by atoms with E-state index < -0.39 is 34.3 Å². The van der Waals surface area contributed by atoms with Crippen LogP contribution in [0.25, 0.3) is 4.85 Å². The topological polar surface area (TPSA) is 119 Å². The number of methoxy groups -OCH3 is 1. The summed E-state index contributed by atoms with van der Waals surface area (Å²) in [6.07, 6.45) is 25.5. The lowest BCUT2D eigenvalue weighted by Gasteiger charge is -2.30. The zero-order valence-electron chi connectivity index (χ0n) is 37.4. The molecule has 0 N–H and O–H groups in total. The van der Waals surface area contributed by atoms with Gasteiger partial charge in [0, 0.05) is 37.5 Å². The van der Waals surface area contributed by atoms with Crippen LogP contribution in [0.15, 0.2) is 0 Å². The van der Waals surface area contributed by atoms with Crippen LogP contribution in [0.5, 0.6) is 0 Å². The van der Waals surface area contributed by atoms with Crippen molar-refractivity contribution in [1.29, 1.82) is 0 Å². The SMILES string of the molecule is [C-]#[N+]C(C)(CCC(=O)OC[C@@H](COC(=O)CCCCCCCCCCCCC)OC(=O)CCCCCCCCCCCCC)CC(C)(SC(C)=S)C(=O)OCCOC. The first-order valence-electron chi connectivity index (χ1n) is 22.6. The molecule has 0 aromatic rings. The lowest BCUT2D eigenvalue weighted by Crippen LogP contribution is -2.42. The number of carbonyl (C=O) groups is 4. The molecule has 0 radical (unpaired) electrons. The minimum Gasteiger partial charge on any atom is -0.462 e. The van der Waals surface area contributed by atoms with E-state index in [1.807, 2.05) is 0 Å². The minimum atomic E-state index is -1.15. The highest BCUT2D eigenvalue weighted by Gasteiger charge is 2.47. The molecule has 0 aromatic heterocycles. The van der Waals surface area contributed by atoms with Crippen LogP contribution in [0, 0.1) is 6.57 Å². The van der Waals surface area contributed by atoms with Crippen LogP contribution in [0.3, 0.4) is 0 Å². The Balaban J connectivity index is 5.08. The van der Waals surface area contributed by atoms with E-state index in [0.29, 0.717) is 10.6 Å². The van der Waals surface area contributed by atoms with Gasteiger partial charge in [0.2, 0.25) is 5.54 Å². The second-order valence-corrected chi connectivity index (χ2v) is 18.9. The maximum atomic E-state index is 13.1. The Labute approximate surface area is 362 Å². The van der Waals surface area contributed by atoms with Gasteiger partial charge >= 0.3 is 23.9 Å². The van der Waals surface area contributed by atoms with Crippen LogP contribution in [0.4, 0.5) is 0 Å². The van der Waals surface area contributed by atoms with Crippen LogP contribution in [-0.4, -0.2) is 78.0 Å². The van der Waals surface area contributed by atoms with E-state index in [1.165, 1.54) is 103 Å². The number of rotatable bonds is 39. The molecule has 0 bridgehead atoms. The summed E-state index contributed by atoms with van der Waals surface area (Å²) in [6.45, 7) is 17.3. The molecule has 58 heavy (non-hydrogen) atoms. The maximum Gasteiger partial charge on any atom is 0.322 e. The third-order valence-electron chi connectivity index (χ3n) is 10.3. The maximum absolute atomic E-state index is 13.1. The molecule has 0 spiro atoms. The fourth-order valence-corrected chi connectivity index (χ4v) is 8.58. The third-order valence-corrected chi connectivity index (χ3v) is 11.6. The van der Waals surface area contributed by atoms with Gasteiger partial charge in [-0.1, -0.05) is 154 Å². The Morgan fingerprint density at radius 3 is 1.45 bits per heavy atom. The zero-order chi connectivity index (χ0) is 43.3. The van der Waals surface area contributed by atoms with Crippen molar-refractivity contribution in [2.75, 3.05) is 33.5 Å². The normalized spacial score (nSPS) is 13.7. The predicted molar refractivity (Wildman–Crippen MR) is 240 cm³/mol. The highest BCUT2D eigenvalue weighted by Crippen LogP contribution is 2.39. The first kappa shape index (κ1) is 55.8. The number of thiocarbonyl (C=S) groups is 1. The van der Waals surface area contributed by atoms with Crippen molar-refractivity contribution in [1.82, 2.24) is 0 Å². The summed E-state index contributed by atoms with van der Waals surface area (Å²) in [5.74, 6) is -1.87. The predicted octanol–water partition coefficient (Wildman–Crippen LogP) is 12.3. The Hall–Kier alpha value is -2.23. The Morgan fingerprint density at radius 1 is 0.621 bits per heavy atom. The molecule has 12 heteroatoms. The van der Waals surface area contributed by atoms with Gasteiger partial charge in [-0.25, -0.2) is 6.57 Å². The molecule has 0 saturated carbocycles. The summed E-state index contributed by atoms with van der Waals surface area (Å²) in [7, 11) is 1.51. The van der Waals surface area contributed by atoms with Gasteiger partial charge in [0.05, 0.1) is 19.4 Å². The average Bonchev–Trinajstić information content (AvgIpc) is 3.18. The summed E-state index contributed by atoms with van der Waals surface area (Å²) < 4.78 is 26.5. The van der Waals surface area contributed by atoms with E-state index in [4.69, 9.17) is 42.5 Å². The fraction of sp³-hybridized carbons (Fsp3) is 0.870. The van der Waals surface area contributed by atoms with E-state index in [-0.39, 0.29) is 64.5 Å². The van der Waals surface area contributed by atoms with Gasteiger partial charge < -0.3 is 28.5 Å². The second-order valence-electron chi connectivity index (χ2n) is 16.3. The molecule has 0 aliphatic heterocycles. The number of nitrogens with zero attached hydrogens (tertiary/aromatic N) is 1. The number of hydrogen-bond acceptors (Lipinski definition) is 11. The summed E-state index contributed by atoms with van der Waals surface area (Å²) in [4.78, 5) is 55.3. The number of unbranched alkanes of at least 4 members (excludes halogenated alkanes) is 20. The molecule has 0 fully saturated rings. The second kappa shape index (κ2) is 36.6. The minimum absolute atomic E-state index is 0.0722. The van der Waals surface area contributed by atoms with Crippen molar-refractivity contribution in [3.8, 4) is 0 Å². The van der Waals surface area contributed by atoms with E-state index in [1.54, 1.807) is 20.8 Å². The van der Waals surface area contributed by atoms with E-state index in [0.717, 1.165) is 50.3 Å². The Morgan fingerprint density at radius 2 is 1.03 bits per heavy atom. The molecular formula is C46H81NO9S2. The van der Waals surface area contributed by atoms with Gasteiger partial charge in [-0.3, -0.25) is 19.2 Å². The number of thioether (sulfide) groups is 1. The van der Waals surface area contributed by atoms with Gasteiger partial charge in [-0.15, -0.1) is 11.8 Å². The van der Waals surface area contributed by atoms with E-state index in [9.17, 15) is 19.2 Å². The fourth-order valence-electron chi connectivity index (χ4n) is 6.86. The smallest absolute Gasteiger partial charge is 0.322 e. The lowest BCUT2D eigenvalue weighted by molar-refractivity contribution is -0.167. The summed E-state index contributed by atoms with van der Waals surface area (Å²) in [6, 6.07) is 0. The highest BCUT2D eigenvalue weighted by molar-refractivity contribution is 8.24. The van der Waals surface area contributed by atoms with Gasteiger partial charge in [-0.05, 0) is 26.7 Å². The van der Waals surface area contributed by atoms with Crippen molar-refractivity contribution in [2.45, 2.75) is 224 Å². The number of carbonyl (C=O) groups excluding carboxylic acids is 4. The third kappa shape index (κ3) is 31.7.